The normalized spacial score (nSPS) is 24.8. The fraction of sp³-hybridized carbons (Fsp3) is 0.462. The molecule has 0 aromatic heterocycles. The van der Waals surface area contributed by atoms with Crippen molar-refractivity contribution in [3.05, 3.63) is 35.9 Å². The average molecular weight is 218 g/mol. The molecule has 86 valence electrons. The molecule has 1 unspecified atom stereocenters. The maximum absolute atomic E-state index is 11.7. The number of nitrogens with zero attached hydrogens (tertiary/aromatic N) is 1. The molecule has 1 aromatic carbocycles. The van der Waals surface area contributed by atoms with Crippen molar-refractivity contribution in [3.63, 3.8) is 0 Å². The van der Waals surface area contributed by atoms with Gasteiger partial charge in [0.25, 0.3) is 0 Å². The minimum Gasteiger partial charge on any atom is -0.332 e. The summed E-state index contributed by atoms with van der Waals surface area (Å²) in [7, 11) is 0. The smallest absolute Gasteiger partial charge is 0.220 e. The number of amides is 1. The fourth-order valence-electron chi connectivity index (χ4n) is 2.72. The van der Waals surface area contributed by atoms with Gasteiger partial charge in [-0.2, -0.15) is 0 Å². The lowest BCUT2D eigenvalue weighted by molar-refractivity contribution is -0.133. The van der Waals surface area contributed by atoms with Crippen molar-refractivity contribution in [2.24, 2.45) is 5.73 Å². The van der Waals surface area contributed by atoms with Gasteiger partial charge >= 0.3 is 0 Å². The van der Waals surface area contributed by atoms with Crippen LogP contribution in [0.3, 0.4) is 0 Å². The van der Waals surface area contributed by atoms with E-state index in [0.717, 1.165) is 24.9 Å². The van der Waals surface area contributed by atoms with Crippen LogP contribution in [0.2, 0.25) is 0 Å². The Morgan fingerprint density at radius 3 is 2.69 bits per heavy atom. The Bertz CT molecular complexity index is 377. The van der Waals surface area contributed by atoms with Gasteiger partial charge in [-0.05, 0) is 18.4 Å². The van der Waals surface area contributed by atoms with Crippen LogP contribution in [-0.2, 0) is 10.3 Å². The van der Waals surface area contributed by atoms with Crippen LogP contribution < -0.4 is 5.73 Å². The molecular weight excluding hydrogens is 200 g/mol. The monoisotopic (exact) mass is 218 g/mol. The molecule has 1 aromatic rings. The van der Waals surface area contributed by atoms with Gasteiger partial charge in [-0.1, -0.05) is 30.3 Å². The van der Waals surface area contributed by atoms with E-state index in [-0.39, 0.29) is 11.4 Å². The van der Waals surface area contributed by atoms with Crippen molar-refractivity contribution in [3.8, 4) is 0 Å². The molecule has 1 fully saturated rings. The number of likely N-dealkylation sites (tertiary alicyclic amines) is 1. The summed E-state index contributed by atoms with van der Waals surface area (Å²) >= 11 is 0. The zero-order chi connectivity index (χ0) is 11.6. The molecule has 3 heteroatoms. The molecule has 0 spiro atoms. The SMILES string of the molecule is CC(=O)N1CCCC1(CN)c1ccccc1. The molecule has 2 N–H and O–H groups in total. The summed E-state index contributed by atoms with van der Waals surface area (Å²) < 4.78 is 0. The molecular formula is C13H18N2O. The number of carbonyl (C=O) groups excluding carboxylic acids is 1. The standard InChI is InChI=1S/C13H18N2O/c1-11(16)15-9-5-8-13(15,10-14)12-6-3-2-4-7-12/h2-4,6-7H,5,8-10,14H2,1H3. The molecule has 0 saturated carbocycles. The van der Waals surface area contributed by atoms with E-state index in [1.165, 1.54) is 0 Å². The second-order valence-electron chi connectivity index (χ2n) is 4.38. The van der Waals surface area contributed by atoms with Crippen LogP contribution in [0, 0.1) is 0 Å². The van der Waals surface area contributed by atoms with E-state index in [1.54, 1.807) is 6.92 Å². The van der Waals surface area contributed by atoms with Gasteiger partial charge in [0.15, 0.2) is 0 Å². The molecule has 16 heavy (non-hydrogen) atoms. The zero-order valence-corrected chi connectivity index (χ0v) is 9.65. The lowest BCUT2D eigenvalue weighted by Crippen LogP contribution is -2.49. The Labute approximate surface area is 96.2 Å². The molecule has 0 aliphatic carbocycles. The minimum atomic E-state index is -0.271. The highest BCUT2D eigenvalue weighted by molar-refractivity contribution is 5.75. The quantitative estimate of drug-likeness (QED) is 0.817. The summed E-state index contributed by atoms with van der Waals surface area (Å²) in [6.07, 6.45) is 2.00. The molecule has 1 atom stereocenters. The maximum Gasteiger partial charge on any atom is 0.220 e. The second kappa shape index (κ2) is 4.26. The summed E-state index contributed by atoms with van der Waals surface area (Å²) in [5.41, 5.74) is 6.82. The second-order valence-corrected chi connectivity index (χ2v) is 4.38. The van der Waals surface area contributed by atoms with Crippen LogP contribution in [0.15, 0.2) is 30.3 Å². The van der Waals surface area contributed by atoms with E-state index in [1.807, 2.05) is 23.1 Å². The maximum atomic E-state index is 11.7. The van der Waals surface area contributed by atoms with Gasteiger partial charge < -0.3 is 10.6 Å². The summed E-state index contributed by atoms with van der Waals surface area (Å²) in [6, 6.07) is 10.1. The van der Waals surface area contributed by atoms with Gasteiger partial charge in [-0.15, -0.1) is 0 Å². The van der Waals surface area contributed by atoms with Crippen molar-refractivity contribution >= 4 is 5.91 Å². The number of hydrogen-bond acceptors (Lipinski definition) is 2. The average Bonchev–Trinajstić information content (AvgIpc) is 2.75. The lowest BCUT2D eigenvalue weighted by Gasteiger charge is -2.37. The molecule has 3 nitrogen and oxygen atoms in total. The van der Waals surface area contributed by atoms with Crippen LogP contribution >= 0.6 is 0 Å². The van der Waals surface area contributed by atoms with Crippen LogP contribution in [0.5, 0.6) is 0 Å². The van der Waals surface area contributed by atoms with E-state index in [9.17, 15) is 4.79 Å². The Morgan fingerprint density at radius 1 is 1.44 bits per heavy atom. The minimum absolute atomic E-state index is 0.117. The van der Waals surface area contributed by atoms with Crippen molar-refractivity contribution < 1.29 is 4.79 Å². The number of hydrogen-bond donors (Lipinski definition) is 1. The van der Waals surface area contributed by atoms with Crippen molar-refractivity contribution in [2.45, 2.75) is 25.3 Å². The summed E-state index contributed by atoms with van der Waals surface area (Å²) in [4.78, 5) is 13.6. The van der Waals surface area contributed by atoms with Crippen LogP contribution in [-0.4, -0.2) is 23.9 Å². The Kier molecular flexibility index (Phi) is 2.97. The van der Waals surface area contributed by atoms with E-state index in [0.29, 0.717) is 6.54 Å². The van der Waals surface area contributed by atoms with E-state index < -0.39 is 0 Å². The lowest BCUT2D eigenvalue weighted by atomic mass is 9.87. The van der Waals surface area contributed by atoms with Gasteiger partial charge in [0.2, 0.25) is 5.91 Å². The van der Waals surface area contributed by atoms with Crippen molar-refractivity contribution in [1.82, 2.24) is 4.90 Å². The highest BCUT2D eigenvalue weighted by atomic mass is 16.2. The predicted octanol–water partition coefficient (Wildman–Crippen LogP) is 1.48. The Balaban J connectivity index is 2.43. The third kappa shape index (κ3) is 1.61. The van der Waals surface area contributed by atoms with Crippen molar-refractivity contribution in [1.29, 1.82) is 0 Å². The van der Waals surface area contributed by atoms with E-state index >= 15 is 0 Å². The predicted molar refractivity (Wildman–Crippen MR) is 63.8 cm³/mol. The first-order valence-corrected chi connectivity index (χ1v) is 5.74. The third-order valence-electron chi connectivity index (χ3n) is 3.52. The number of carbonyl (C=O) groups is 1. The van der Waals surface area contributed by atoms with Crippen LogP contribution in [0.25, 0.3) is 0 Å². The Hall–Kier alpha value is -1.35. The third-order valence-corrected chi connectivity index (χ3v) is 3.52. The first kappa shape index (κ1) is 11.1. The number of rotatable bonds is 2. The molecule has 0 bridgehead atoms. The van der Waals surface area contributed by atoms with Gasteiger partial charge in [-0.3, -0.25) is 4.79 Å². The molecule has 1 saturated heterocycles. The van der Waals surface area contributed by atoms with Gasteiger partial charge in [0.05, 0.1) is 5.54 Å². The first-order valence-electron chi connectivity index (χ1n) is 5.74. The van der Waals surface area contributed by atoms with Gasteiger partial charge in [-0.25, -0.2) is 0 Å². The van der Waals surface area contributed by atoms with Crippen LogP contribution in [0.1, 0.15) is 25.3 Å². The highest BCUT2D eigenvalue weighted by Gasteiger charge is 2.42. The van der Waals surface area contributed by atoms with Gasteiger partial charge in [0.1, 0.15) is 0 Å². The van der Waals surface area contributed by atoms with Crippen LogP contribution in [0.4, 0.5) is 0 Å². The first-order chi connectivity index (χ1) is 7.70. The molecule has 1 amide bonds. The topological polar surface area (TPSA) is 46.3 Å². The zero-order valence-electron chi connectivity index (χ0n) is 9.65. The summed E-state index contributed by atoms with van der Waals surface area (Å²) in [6.45, 7) is 2.94. The molecule has 1 aliphatic heterocycles. The molecule has 1 heterocycles. The van der Waals surface area contributed by atoms with Gasteiger partial charge in [0, 0.05) is 20.0 Å². The molecule has 1 aliphatic rings. The summed E-state index contributed by atoms with van der Waals surface area (Å²) in [5, 5.41) is 0. The van der Waals surface area contributed by atoms with E-state index in [4.69, 9.17) is 5.73 Å². The largest absolute Gasteiger partial charge is 0.332 e. The van der Waals surface area contributed by atoms with Crippen molar-refractivity contribution in [2.75, 3.05) is 13.1 Å². The fourth-order valence-corrected chi connectivity index (χ4v) is 2.72. The highest BCUT2D eigenvalue weighted by Crippen LogP contribution is 2.37. The number of benzene rings is 1. The summed E-state index contributed by atoms with van der Waals surface area (Å²) in [5.74, 6) is 0.117. The Morgan fingerprint density at radius 2 is 2.12 bits per heavy atom. The molecule has 0 radical (unpaired) electrons. The number of nitrogens with two attached hydrogens (primary N) is 1. The van der Waals surface area contributed by atoms with E-state index in [2.05, 4.69) is 12.1 Å². The molecule has 2 rings (SSSR count).